The van der Waals surface area contributed by atoms with Crippen LogP contribution < -0.4 is 0 Å². The van der Waals surface area contributed by atoms with Crippen LogP contribution in [-0.2, 0) is 4.79 Å². The van der Waals surface area contributed by atoms with E-state index in [-0.39, 0.29) is 28.7 Å². The first-order valence-corrected chi connectivity index (χ1v) is 6.22. The van der Waals surface area contributed by atoms with Crippen LogP contribution in [0.15, 0.2) is 12.1 Å². The summed E-state index contributed by atoms with van der Waals surface area (Å²) in [5.41, 5.74) is -0.451. The smallest absolute Gasteiger partial charge is 0.310 e. The fourth-order valence-corrected chi connectivity index (χ4v) is 2.21. The zero-order chi connectivity index (χ0) is 15.0. The second kappa shape index (κ2) is 5.26. The van der Waals surface area contributed by atoms with Crippen LogP contribution in [0.2, 0.25) is 10.0 Å². The average Bonchev–Trinajstić information content (AvgIpc) is 2.29. The molecule has 1 aromatic rings. The molecule has 1 saturated heterocycles. The predicted molar refractivity (Wildman–Crippen MR) is 70.1 cm³/mol. The van der Waals surface area contributed by atoms with E-state index in [1.165, 1.54) is 11.0 Å². The number of amides is 1. The number of aliphatic carboxylic acids is 1. The standard InChI is InChI=1S/C11H8Cl2N2O5/c12-7-1-5(2-8(9(7)13)15(19)20)10(16)14-3-6(4-14)11(17)18/h1-2,6H,3-4H2,(H,17,18). The minimum absolute atomic E-state index is 0.00920. The fraction of sp³-hybridized carbons (Fsp3) is 0.273. The molecule has 0 aromatic heterocycles. The van der Waals surface area contributed by atoms with E-state index in [9.17, 15) is 19.7 Å². The minimum atomic E-state index is -0.978. The van der Waals surface area contributed by atoms with E-state index in [0.717, 1.165) is 6.07 Å². The molecule has 0 saturated carbocycles. The molecule has 1 aliphatic heterocycles. The molecule has 1 heterocycles. The van der Waals surface area contributed by atoms with Gasteiger partial charge in [0.25, 0.3) is 11.6 Å². The highest BCUT2D eigenvalue weighted by molar-refractivity contribution is 6.43. The van der Waals surface area contributed by atoms with Gasteiger partial charge in [0.05, 0.1) is 15.9 Å². The first-order valence-electron chi connectivity index (χ1n) is 5.46. The van der Waals surface area contributed by atoms with E-state index < -0.39 is 28.4 Å². The molecular weight excluding hydrogens is 311 g/mol. The third-order valence-electron chi connectivity index (χ3n) is 2.97. The Balaban J connectivity index is 2.24. The first kappa shape index (κ1) is 14.5. The lowest BCUT2D eigenvalue weighted by Crippen LogP contribution is -2.53. The van der Waals surface area contributed by atoms with Gasteiger partial charge in [0.2, 0.25) is 0 Å². The van der Waals surface area contributed by atoms with Crippen LogP contribution in [0.4, 0.5) is 5.69 Å². The number of nitro benzene ring substituents is 1. The maximum atomic E-state index is 12.0. The highest BCUT2D eigenvalue weighted by Crippen LogP contribution is 2.34. The zero-order valence-electron chi connectivity index (χ0n) is 9.88. The van der Waals surface area contributed by atoms with Crippen molar-refractivity contribution < 1.29 is 19.6 Å². The second-order valence-electron chi connectivity index (χ2n) is 4.29. The SMILES string of the molecule is O=C(O)C1CN(C(=O)c2cc(Cl)c(Cl)c([N+](=O)[O-])c2)C1. The van der Waals surface area contributed by atoms with Crippen LogP contribution in [0, 0.1) is 16.0 Å². The molecule has 0 spiro atoms. The van der Waals surface area contributed by atoms with Crippen molar-refractivity contribution in [1.29, 1.82) is 0 Å². The van der Waals surface area contributed by atoms with Gasteiger partial charge in [-0.3, -0.25) is 19.7 Å². The average molecular weight is 319 g/mol. The quantitative estimate of drug-likeness (QED) is 0.679. The van der Waals surface area contributed by atoms with E-state index in [1.807, 2.05) is 0 Å². The van der Waals surface area contributed by atoms with E-state index in [4.69, 9.17) is 28.3 Å². The maximum Gasteiger partial charge on any atom is 0.310 e. The third-order valence-corrected chi connectivity index (χ3v) is 3.76. The van der Waals surface area contributed by atoms with Crippen molar-refractivity contribution in [2.45, 2.75) is 0 Å². The highest BCUT2D eigenvalue weighted by atomic mass is 35.5. The number of carbonyl (C=O) groups is 2. The number of carboxylic acids is 1. The predicted octanol–water partition coefficient (Wildman–Crippen LogP) is 2.06. The van der Waals surface area contributed by atoms with Gasteiger partial charge in [0, 0.05) is 24.7 Å². The summed E-state index contributed by atoms with van der Waals surface area (Å²) in [6, 6.07) is 2.26. The maximum absolute atomic E-state index is 12.0. The van der Waals surface area contributed by atoms with Gasteiger partial charge in [0.1, 0.15) is 5.02 Å². The molecule has 0 atom stereocenters. The van der Waals surface area contributed by atoms with Gasteiger partial charge in [-0.2, -0.15) is 0 Å². The fourth-order valence-electron chi connectivity index (χ4n) is 1.81. The van der Waals surface area contributed by atoms with E-state index in [1.54, 1.807) is 0 Å². The van der Waals surface area contributed by atoms with Crippen molar-refractivity contribution >= 4 is 40.8 Å². The van der Waals surface area contributed by atoms with Crippen molar-refractivity contribution in [3.8, 4) is 0 Å². The summed E-state index contributed by atoms with van der Waals surface area (Å²) in [5, 5.41) is 19.2. The third kappa shape index (κ3) is 2.54. The first-order chi connectivity index (χ1) is 9.31. The topological polar surface area (TPSA) is 101 Å². The number of likely N-dealkylation sites (tertiary alicyclic amines) is 1. The van der Waals surface area contributed by atoms with Crippen molar-refractivity contribution in [1.82, 2.24) is 4.90 Å². The lowest BCUT2D eigenvalue weighted by molar-refractivity contribution is -0.384. The molecule has 0 bridgehead atoms. The molecule has 1 fully saturated rings. The highest BCUT2D eigenvalue weighted by Gasteiger charge is 2.36. The van der Waals surface area contributed by atoms with Crippen molar-refractivity contribution in [2.75, 3.05) is 13.1 Å². The van der Waals surface area contributed by atoms with Gasteiger partial charge in [-0.1, -0.05) is 23.2 Å². The number of benzene rings is 1. The molecule has 0 aliphatic carbocycles. The van der Waals surface area contributed by atoms with Crippen molar-refractivity contribution in [2.24, 2.45) is 5.92 Å². The molecule has 106 valence electrons. The van der Waals surface area contributed by atoms with Gasteiger partial charge in [-0.05, 0) is 6.07 Å². The number of carbonyl (C=O) groups excluding carboxylic acids is 1. The molecule has 9 heteroatoms. The number of hydrogen-bond acceptors (Lipinski definition) is 4. The lowest BCUT2D eigenvalue weighted by Gasteiger charge is -2.36. The number of halogens is 2. The van der Waals surface area contributed by atoms with Crippen LogP contribution >= 0.6 is 23.2 Å². The summed E-state index contributed by atoms with van der Waals surface area (Å²) < 4.78 is 0. The molecule has 1 aromatic carbocycles. The number of rotatable bonds is 3. The number of nitro groups is 1. The summed E-state index contributed by atoms with van der Waals surface area (Å²) in [7, 11) is 0. The summed E-state index contributed by atoms with van der Waals surface area (Å²) in [5.74, 6) is -2.09. The van der Waals surface area contributed by atoms with E-state index in [2.05, 4.69) is 0 Å². The van der Waals surface area contributed by atoms with Crippen LogP contribution in [0.5, 0.6) is 0 Å². The Morgan fingerprint density at radius 3 is 2.45 bits per heavy atom. The van der Waals surface area contributed by atoms with Crippen LogP contribution in [0.1, 0.15) is 10.4 Å². The van der Waals surface area contributed by atoms with Crippen LogP contribution in [-0.4, -0.2) is 39.9 Å². The molecular formula is C11H8Cl2N2O5. The lowest BCUT2D eigenvalue weighted by atomic mass is 9.99. The monoisotopic (exact) mass is 318 g/mol. The number of nitrogens with zero attached hydrogens (tertiary/aromatic N) is 2. The van der Waals surface area contributed by atoms with Gasteiger partial charge >= 0.3 is 5.97 Å². The Kier molecular flexibility index (Phi) is 3.82. The van der Waals surface area contributed by atoms with Crippen LogP contribution in [0.3, 0.4) is 0 Å². The Morgan fingerprint density at radius 2 is 1.95 bits per heavy atom. The molecule has 7 nitrogen and oxygen atoms in total. The molecule has 1 aliphatic rings. The van der Waals surface area contributed by atoms with Crippen molar-refractivity contribution in [3.05, 3.63) is 37.9 Å². The zero-order valence-corrected chi connectivity index (χ0v) is 11.4. The normalized spacial score (nSPS) is 14.8. The Morgan fingerprint density at radius 1 is 1.35 bits per heavy atom. The molecule has 1 amide bonds. The second-order valence-corrected chi connectivity index (χ2v) is 5.08. The molecule has 0 radical (unpaired) electrons. The largest absolute Gasteiger partial charge is 0.481 e. The van der Waals surface area contributed by atoms with Gasteiger partial charge in [-0.15, -0.1) is 0 Å². The summed E-state index contributed by atoms with van der Waals surface area (Å²) >= 11 is 11.4. The molecule has 0 unspecified atom stereocenters. The van der Waals surface area contributed by atoms with E-state index in [0.29, 0.717) is 0 Å². The Labute approximate surface area is 122 Å². The Hall–Kier alpha value is -1.86. The number of hydrogen-bond donors (Lipinski definition) is 1. The van der Waals surface area contributed by atoms with Gasteiger partial charge in [-0.25, -0.2) is 0 Å². The molecule has 20 heavy (non-hydrogen) atoms. The van der Waals surface area contributed by atoms with Gasteiger partial charge in [0.15, 0.2) is 0 Å². The van der Waals surface area contributed by atoms with E-state index >= 15 is 0 Å². The van der Waals surface area contributed by atoms with Gasteiger partial charge < -0.3 is 10.0 Å². The summed E-state index contributed by atoms with van der Waals surface area (Å²) in [4.78, 5) is 34.1. The summed E-state index contributed by atoms with van der Waals surface area (Å²) in [6.45, 7) is 0.143. The summed E-state index contributed by atoms with van der Waals surface area (Å²) in [6.07, 6.45) is 0. The Bertz CT molecular complexity index is 613. The molecule has 2 rings (SSSR count). The van der Waals surface area contributed by atoms with Crippen LogP contribution in [0.25, 0.3) is 0 Å². The molecule has 1 N–H and O–H groups in total. The minimum Gasteiger partial charge on any atom is -0.481 e. The van der Waals surface area contributed by atoms with Crippen molar-refractivity contribution in [3.63, 3.8) is 0 Å². The number of carboxylic acid groups (broad SMARTS) is 1.